The zero-order valence-electron chi connectivity index (χ0n) is 10.2. The SMILES string of the molecule is CC(C)CNC(=O)C(C)Nc1nnc(CCl)o1. The minimum absolute atomic E-state index is 0.107. The fraction of sp³-hybridized carbons (Fsp3) is 0.700. The summed E-state index contributed by atoms with van der Waals surface area (Å²) in [6.07, 6.45) is 0. The summed E-state index contributed by atoms with van der Waals surface area (Å²) in [4.78, 5) is 11.6. The number of carbonyl (C=O) groups is 1. The predicted molar refractivity (Wildman–Crippen MR) is 64.8 cm³/mol. The first-order valence-electron chi connectivity index (χ1n) is 5.45. The second kappa shape index (κ2) is 6.44. The molecule has 17 heavy (non-hydrogen) atoms. The van der Waals surface area contributed by atoms with Crippen molar-refractivity contribution in [1.82, 2.24) is 15.5 Å². The molecule has 1 rings (SSSR count). The molecule has 0 aliphatic rings. The van der Waals surface area contributed by atoms with E-state index < -0.39 is 6.04 Å². The standard InChI is InChI=1S/C10H17ClN4O2/c1-6(2)5-12-9(16)7(3)13-10-15-14-8(4-11)17-10/h6-7H,4-5H2,1-3H3,(H,12,16)(H,13,15). The highest BCUT2D eigenvalue weighted by Crippen LogP contribution is 2.08. The van der Waals surface area contributed by atoms with Crippen molar-refractivity contribution in [3.05, 3.63) is 5.89 Å². The molecule has 1 heterocycles. The topological polar surface area (TPSA) is 80.0 Å². The Morgan fingerprint density at radius 3 is 2.65 bits per heavy atom. The van der Waals surface area contributed by atoms with Crippen LogP contribution in [0.3, 0.4) is 0 Å². The van der Waals surface area contributed by atoms with E-state index in [1.165, 1.54) is 0 Å². The first-order chi connectivity index (χ1) is 8.02. The molecule has 0 saturated heterocycles. The summed E-state index contributed by atoms with van der Waals surface area (Å²) >= 11 is 5.52. The van der Waals surface area contributed by atoms with E-state index in [2.05, 4.69) is 20.8 Å². The van der Waals surface area contributed by atoms with Crippen LogP contribution in [-0.2, 0) is 10.7 Å². The van der Waals surface area contributed by atoms with E-state index in [-0.39, 0.29) is 17.8 Å². The Hall–Kier alpha value is -1.30. The Balaban J connectivity index is 2.42. The van der Waals surface area contributed by atoms with Crippen LogP contribution in [0.25, 0.3) is 0 Å². The third kappa shape index (κ3) is 4.60. The van der Waals surface area contributed by atoms with Crippen LogP contribution in [0.5, 0.6) is 0 Å². The lowest BCUT2D eigenvalue weighted by Gasteiger charge is -2.13. The van der Waals surface area contributed by atoms with Gasteiger partial charge in [0.25, 0.3) is 0 Å². The first kappa shape index (κ1) is 13.8. The zero-order valence-corrected chi connectivity index (χ0v) is 10.9. The summed E-state index contributed by atoms with van der Waals surface area (Å²) < 4.78 is 5.13. The molecule has 2 N–H and O–H groups in total. The largest absolute Gasteiger partial charge is 0.407 e. The molecule has 0 saturated carbocycles. The molecule has 1 aromatic heterocycles. The van der Waals surface area contributed by atoms with E-state index in [1.54, 1.807) is 6.92 Å². The average molecular weight is 261 g/mol. The number of rotatable bonds is 6. The van der Waals surface area contributed by atoms with Gasteiger partial charge in [0.1, 0.15) is 11.9 Å². The maximum absolute atomic E-state index is 11.6. The number of carbonyl (C=O) groups excluding carboxylic acids is 1. The third-order valence-corrected chi connectivity index (χ3v) is 2.23. The molecule has 0 aliphatic heterocycles. The molecule has 96 valence electrons. The highest BCUT2D eigenvalue weighted by atomic mass is 35.5. The molecule has 6 nitrogen and oxygen atoms in total. The van der Waals surface area contributed by atoms with Gasteiger partial charge in [0, 0.05) is 6.54 Å². The van der Waals surface area contributed by atoms with Crippen LogP contribution >= 0.6 is 11.6 Å². The van der Waals surface area contributed by atoms with Crippen LogP contribution in [0.15, 0.2) is 4.42 Å². The van der Waals surface area contributed by atoms with Gasteiger partial charge in [-0.2, -0.15) is 0 Å². The fourth-order valence-electron chi connectivity index (χ4n) is 1.07. The lowest BCUT2D eigenvalue weighted by atomic mass is 10.2. The number of hydrogen-bond donors (Lipinski definition) is 2. The lowest BCUT2D eigenvalue weighted by molar-refractivity contribution is -0.121. The molecular formula is C10H17ClN4O2. The van der Waals surface area contributed by atoms with Gasteiger partial charge in [-0.25, -0.2) is 0 Å². The summed E-state index contributed by atoms with van der Waals surface area (Å²) in [7, 11) is 0. The zero-order chi connectivity index (χ0) is 12.8. The molecule has 1 atom stereocenters. The van der Waals surface area contributed by atoms with Gasteiger partial charge >= 0.3 is 6.01 Å². The number of hydrogen-bond acceptors (Lipinski definition) is 5. The van der Waals surface area contributed by atoms with E-state index >= 15 is 0 Å². The summed E-state index contributed by atoms with van der Waals surface area (Å²) in [6.45, 7) is 6.42. The highest BCUT2D eigenvalue weighted by Gasteiger charge is 2.15. The van der Waals surface area contributed by atoms with Crippen molar-refractivity contribution < 1.29 is 9.21 Å². The Morgan fingerprint density at radius 1 is 1.41 bits per heavy atom. The molecule has 0 aliphatic carbocycles. The van der Waals surface area contributed by atoms with Crippen molar-refractivity contribution in [3.63, 3.8) is 0 Å². The minimum atomic E-state index is -0.433. The van der Waals surface area contributed by atoms with Crippen molar-refractivity contribution in [2.24, 2.45) is 5.92 Å². The van der Waals surface area contributed by atoms with E-state index in [0.29, 0.717) is 18.4 Å². The van der Waals surface area contributed by atoms with Crippen molar-refractivity contribution >= 4 is 23.5 Å². The van der Waals surface area contributed by atoms with Crippen molar-refractivity contribution in [3.8, 4) is 0 Å². The first-order valence-corrected chi connectivity index (χ1v) is 5.99. The van der Waals surface area contributed by atoms with Gasteiger partial charge in [0.05, 0.1) is 0 Å². The summed E-state index contributed by atoms with van der Waals surface area (Å²) in [5.74, 6) is 0.786. The van der Waals surface area contributed by atoms with Crippen LogP contribution in [0.4, 0.5) is 6.01 Å². The number of alkyl halides is 1. The Morgan fingerprint density at radius 2 is 2.12 bits per heavy atom. The molecule has 0 spiro atoms. The molecule has 1 amide bonds. The molecule has 0 aromatic carbocycles. The molecule has 0 bridgehead atoms. The Kier molecular flexibility index (Phi) is 5.21. The van der Waals surface area contributed by atoms with Crippen LogP contribution in [-0.4, -0.2) is 28.7 Å². The maximum Gasteiger partial charge on any atom is 0.316 e. The lowest BCUT2D eigenvalue weighted by Crippen LogP contribution is -2.39. The Bertz CT molecular complexity index is 367. The smallest absolute Gasteiger partial charge is 0.316 e. The van der Waals surface area contributed by atoms with Crippen molar-refractivity contribution in [2.45, 2.75) is 32.7 Å². The molecule has 0 radical (unpaired) electrons. The third-order valence-electron chi connectivity index (χ3n) is 2.00. The summed E-state index contributed by atoms with van der Waals surface area (Å²) in [5, 5.41) is 13.0. The van der Waals surface area contributed by atoms with Crippen LogP contribution < -0.4 is 10.6 Å². The number of anilines is 1. The van der Waals surface area contributed by atoms with Gasteiger partial charge in [-0.1, -0.05) is 18.9 Å². The van der Waals surface area contributed by atoms with E-state index in [9.17, 15) is 4.79 Å². The quantitative estimate of drug-likeness (QED) is 0.756. The summed E-state index contributed by atoms with van der Waals surface area (Å²) in [6, 6.07) is -0.231. The average Bonchev–Trinajstić information content (AvgIpc) is 2.73. The fourth-order valence-corrected chi connectivity index (χ4v) is 1.18. The van der Waals surface area contributed by atoms with Gasteiger partial charge in [0.2, 0.25) is 11.8 Å². The highest BCUT2D eigenvalue weighted by molar-refractivity contribution is 6.16. The van der Waals surface area contributed by atoms with Gasteiger partial charge in [0.15, 0.2) is 0 Å². The normalized spacial score (nSPS) is 12.5. The van der Waals surface area contributed by atoms with Crippen LogP contribution in [0.1, 0.15) is 26.7 Å². The Labute approximate surface area is 105 Å². The molecule has 7 heteroatoms. The van der Waals surface area contributed by atoms with Crippen molar-refractivity contribution in [2.75, 3.05) is 11.9 Å². The van der Waals surface area contributed by atoms with Gasteiger partial charge in [-0.3, -0.25) is 4.79 Å². The predicted octanol–water partition coefficient (Wildman–Crippen LogP) is 1.38. The molecule has 0 fully saturated rings. The van der Waals surface area contributed by atoms with Gasteiger partial charge in [-0.15, -0.1) is 16.7 Å². The van der Waals surface area contributed by atoms with E-state index in [0.717, 1.165) is 0 Å². The number of aromatic nitrogens is 2. The van der Waals surface area contributed by atoms with Gasteiger partial charge in [-0.05, 0) is 12.8 Å². The molecule has 1 unspecified atom stereocenters. The van der Waals surface area contributed by atoms with E-state index in [1.807, 2.05) is 13.8 Å². The number of halogens is 1. The second-order valence-corrected chi connectivity index (χ2v) is 4.41. The molecule has 1 aromatic rings. The van der Waals surface area contributed by atoms with Crippen molar-refractivity contribution in [1.29, 1.82) is 0 Å². The summed E-state index contributed by atoms with van der Waals surface area (Å²) in [5.41, 5.74) is 0. The number of amides is 1. The van der Waals surface area contributed by atoms with Gasteiger partial charge < -0.3 is 15.1 Å². The number of nitrogens with zero attached hydrogens (tertiary/aromatic N) is 2. The molecular weight excluding hydrogens is 244 g/mol. The van der Waals surface area contributed by atoms with Crippen LogP contribution in [0.2, 0.25) is 0 Å². The van der Waals surface area contributed by atoms with E-state index in [4.69, 9.17) is 16.0 Å². The number of nitrogens with one attached hydrogen (secondary N) is 2. The monoisotopic (exact) mass is 260 g/mol. The second-order valence-electron chi connectivity index (χ2n) is 4.14. The minimum Gasteiger partial charge on any atom is -0.407 e. The van der Waals surface area contributed by atoms with Crippen LogP contribution in [0, 0.1) is 5.92 Å². The maximum atomic E-state index is 11.6.